The number of aliphatic carboxylic acids is 2. The van der Waals surface area contributed by atoms with Crippen molar-refractivity contribution in [1.29, 1.82) is 0 Å². The summed E-state index contributed by atoms with van der Waals surface area (Å²) in [6.45, 7) is 0. The van der Waals surface area contributed by atoms with Crippen LogP contribution in [0.1, 0.15) is 38.5 Å². The number of carbonyl (C=O) groups excluding carboxylic acids is 2. The van der Waals surface area contributed by atoms with Gasteiger partial charge in [-0.05, 0) is 12.8 Å². The van der Waals surface area contributed by atoms with E-state index in [-0.39, 0.29) is 37.6 Å². The molecule has 2 N–H and O–H groups in total. The van der Waals surface area contributed by atoms with E-state index in [1.165, 1.54) is 21.4 Å². The van der Waals surface area contributed by atoms with E-state index in [9.17, 15) is 19.2 Å². The zero-order chi connectivity index (χ0) is 24.9. The number of methoxy groups -OCH3 is 2. The SMILES string of the molecule is COC(=O)CCCC(=O)O.COC(=O)CCCC(=O)O.c1cc[c]([Sn][c]2ccccc2)cc1. The Balaban J connectivity index is 0.000000474. The molecule has 0 aliphatic heterocycles. The van der Waals surface area contributed by atoms with Gasteiger partial charge in [-0.25, -0.2) is 0 Å². The van der Waals surface area contributed by atoms with E-state index in [1.54, 1.807) is 0 Å². The number of hydrogen-bond acceptors (Lipinski definition) is 6. The summed E-state index contributed by atoms with van der Waals surface area (Å²) < 4.78 is 11.7. The third-order valence-corrected chi connectivity index (χ3v) is 7.39. The van der Waals surface area contributed by atoms with E-state index in [4.69, 9.17) is 10.2 Å². The van der Waals surface area contributed by atoms with E-state index in [0.29, 0.717) is 12.8 Å². The molecule has 0 unspecified atom stereocenters. The molecule has 0 aromatic heterocycles. The van der Waals surface area contributed by atoms with E-state index >= 15 is 0 Å². The van der Waals surface area contributed by atoms with Gasteiger partial charge in [0.2, 0.25) is 0 Å². The third kappa shape index (κ3) is 19.5. The summed E-state index contributed by atoms with van der Waals surface area (Å²) in [6.07, 6.45) is 1.11. The van der Waals surface area contributed by atoms with Crippen molar-refractivity contribution in [2.24, 2.45) is 0 Å². The number of carboxylic acid groups (broad SMARTS) is 2. The summed E-state index contributed by atoms with van der Waals surface area (Å²) >= 11 is -0.517. The summed E-state index contributed by atoms with van der Waals surface area (Å²) in [7, 11) is 2.56. The van der Waals surface area contributed by atoms with Gasteiger partial charge < -0.3 is 19.7 Å². The van der Waals surface area contributed by atoms with Gasteiger partial charge >= 0.3 is 113 Å². The summed E-state index contributed by atoms with van der Waals surface area (Å²) in [5.74, 6) is -2.49. The van der Waals surface area contributed by atoms with Crippen LogP contribution < -0.4 is 7.16 Å². The second-order valence-electron chi connectivity index (χ2n) is 6.50. The summed E-state index contributed by atoms with van der Waals surface area (Å²) in [5, 5.41) is 16.3. The normalized spacial score (nSPS) is 9.27. The standard InChI is InChI=1S/2C6H10O4.2C6H5.Sn/c2*1-10-6(9)4-2-3-5(7)8;2*1-2-4-6-5-3-1;/h2*2-4H2,1H3,(H,7,8);2*1-5H;. The van der Waals surface area contributed by atoms with Crippen LogP contribution in [0, 0.1) is 0 Å². The maximum absolute atomic E-state index is 10.4. The molecule has 2 radical (unpaired) electrons. The van der Waals surface area contributed by atoms with Gasteiger partial charge in [-0.15, -0.1) is 0 Å². The fourth-order valence-electron chi connectivity index (χ4n) is 2.18. The molecule has 0 spiro atoms. The van der Waals surface area contributed by atoms with Crippen LogP contribution in [0.25, 0.3) is 0 Å². The number of carboxylic acids is 2. The Morgan fingerprint density at radius 2 is 0.970 bits per heavy atom. The van der Waals surface area contributed by atoms with Gasteiger partial charge in [-0.2, -0.15) is 0 Å². The third-order valence-electron chi connectivity index (χ3n) is 3.83. The van der Waals surface area contributed by atoms with Gasteiger partial charge in [0.25, 0.3) is 0 Å². The van der Waals surface area contributed by atoms with Crippen LogP contribution in [0.2, 0.25) is 0 Å². The van der Waals surface area contributed by atoms with Crippen molar-refractivity contribution in [2.75, 3.05) is 14.2 Å². The Kier molecular flexibility index (Phi) is 18.1. The number of ether oxygens (including phenoxy) is 2. The molecule has 0 bridgehead atoms. The van der Waals surface area contributed by atoms with E-state index in [1.807, 2.05) is 0 Å². The van der Waals surface area contributed by atoms with Gasteiger partial charge in [-0.3, -0.25) is 19.2 Å². The van der Waals surface area contributed by atoms with Crippen LogP contribution >= 0.6 is 0 Å². The Hall–Kier alpha value is -2.88. The average Bonchev–Trinajstić information content (AvgIpc) is 2.80. The molecule has 0 saturated carbocycles. The Morgan fingerprint density at radius 3 is 1.24 bits per heavy atom. The van der Waals surface area contributed by atoms with Gasteiger partial charge in [0, 0.05) is 25.7 Å². The average molecular weight is 565 g/mol. The molecule has 8 nitrogen and oxygen atoms in total. The van der Waals surface area contributed by atoms with Gasteiger partial charge in [0.05, 0.1) is 14.2 Å². The summed E-state index contributed by atoms with van der Waals surface area (Å²) in [6, 6.07) is 21.6. The van der Waals surface area contributed by atoms with Crippen LogP contribution in [0.4, 0.5) is 0 Å². The number of esters is 2. The molecule has 0 aliphatic rings. The van der Waals surface area contributed by atoms with E-state index < -0.39 is 33.1 Å². The Labute approximate surface area is 204 Å². The van der Waals surface area contributed by atoms with E-state index in [2.05, 4.69) is 70.1 Å². The van der Waals surface area contributed by atoms with Crippen LogP contribution in [0.15, 0.2) is 60.7 Å². The first-order valence-corrected chi connectivity index (χ1v) is 13.1. The predicted octanol–water partition coefficient (Wildman–Crippen LogP) is 2.17. The molecule has 0 atom stereocenters. The molecular weight excluding hydrogens is 535 g/mol. The number of rotatable bonds is 10. The first-order valence-electron chi connectivity index (χ1n) is 10.2. The molecule has 0 aliphatic carbocycles. The fraction of sp³-hybridized carbons (Fsp3) is 0.333. The summed E-state index contributed by atoms with van der Waals surface area (Å²) in [5.41, 5.74) is 0. The number of benzene rings is 2. The Morgan fingerprint density at radius 1 is 0.636 bits per heavy atom. The van der Waals surface area contributed by atoms with Gasteiger partial charge in [0.15, 0.2) is 0 Å². The van der Waals surface area contributed by atoms with Crippen molar-refractivity contribution in [3.63, 3.8) is 0 Å². The second kappa shape index (κ2) is 19.8. The molecule has 0 amide bonds. The predicted molar refractivity (Wildman–Crippen MR) is 125 cm³/mol. The summed E-state index contributed by atoms with van der Waals surface area (Å²) in [4.78, 5) is 40.6. The van der Waals surface area contributed by atoms with Crippen molar-refractivity contribution in [1.82, 2.24) is 0 Å². The van der Waals surface area contributed by atoms with Crippen molar-refractivity contribution in [3.8, 4) is 0 Å². The van der Waals surface area contributed by atoms with Gasteiger partial charge in [0.1, 0.15) is 0 Å². The molecule has 178 valence electrons. The number of carbonyl (C=O) groups is 4. The molecular formula is C24H30O8Sn. The first kappa shape index (κ1) is 30.1. The van der Waals surface area contributed by atoms with Crippen molar-refractivity contribution in [2.45, 2.75) is 38.5 Å². The quantitative estimate of drug-likeness (QED) is 0.332. The molecule has 33 heavy (non-hydrogen) atoms. The molecule has 2 rings (SSSR count). The molecule has 2 aromatic rings. The zero-order valence-electron chi connectivity index (χ0n) is 18.9. The van der Waals surface area contributed by atoms with E-state index in [0.717, 1.165) is 0 Å². The van der Waals surface area contributed by atoms with Crippen LogP contribution in [0.5, 0.6) is 0 Å². The maximum atomic E-state index is 10.4. The molecule has 0 fully saturated rings. The fourth-order valence-corrected chi connectivity index (χ4v) is 5.18. The van der Waals surface area contributed by atoms with Crippen LogP contribution in [-0.4, -0.2) is 69.5 Å². The van der Waals surface area contributed by atoms with Crippen molar-refractivity contribution >= 4 is 52.2 Å². The number of hydrogen-bond donors (Lipinski definition) is 2. The Bertz CT molecular complexity index is 755. The molecule has 0 heterocycles. The van der Waals surface area contributed by atoms with Crippen molar-refractivity contribution in [3.05, 3.63) is 60.7 Å². The molecule has 0 saturated heterocycles. The second-order valence-corrected chi connectivity index (χ2v) is 10.5. The minimum atomic E-state index is -0.885. The van der Waals surface area contributed by atoms with Crippen LogP contribution in [0.3, 0.4) is 0 Å². The monoisotopic (exact) mass is 566 g/mol. The minimum absolute atomic E-state index is 0.0229. The van der Waals surface area contributed by atoms with Crippen molar-refractivity contribution < 1.29 is 38.9 Å². The zero-order valence-corrected chi connectivity index (χ0v) is 21.7. The molecule has 2 aromatic carbocycles. The van der Waals surface area contributed by atoms with Gasteiger partial charge in [-0.1, -0.05) is 0 Å². The van der Waals surface area contributed by atoms with Crippen LogP contribution in [-0.2, 0) is 28.7 Å². The first-order chi connectivity index (χ1) is 15.8. The molecule has 9 heteroatoms. The topological polar surface area (TPSA) is 127 Å².